The molecule has 1 atom stereocenters. The second-order valence-electron chi connectivity index (χ2n) is 5.00. The van der Waals surface area contributed by atoms with Crippen LogP contribution in [0.5, 0.6) is 0 Å². The second kappa shape index (κ2) is 8.39. The predicted molar refractivity (Wildman–Crippen MR) is 83.2 cm³/mol. The van der Waals surface area contributed by atoms with E-state index in [0.717, 1.165) is 31.4 Å². The molecule has 1 rings (SSSR count). The fourth-order valence-corrected chi connectivity index (χ4v) is 2.96. The van der Waals surface area contributed by atoms with E-state index < -0.39 is 10.0 Å². The molecule has 0 aromatic heterocycles. The predicted octanol–water partition coefficient (Wildman–Crippen LogP) is 2.83. The minimum atomic E-state index is -3.36. The van der Waals surface area contributed by atoms with Gasteiger partial charge < -0.3 is 5.32 Å². The van der Waals surface area contributed by atoms with Crippen LogP contribution in [0.3, 0.4) is 0 Å². The summed E-state index contributed by atoms with van der Waals surface area (Å²) in [6, 6.07) is 7.34. The average Bonchev–Trinajstić information content (AvgIpc) is 2.45. The lowest BCUT2D eigenvalue weighted by Gasteiger charge is -2.14. The quantitative estimate of drug-likeness (QED) is 0.689. The summed E-state index contributed by atoms with van der Waals surface area (Å²) in [6.07, 6.45) is 2.91. The topological polar surface area (TPSA) is 58.2 Å². The first-order valence-corrected chi connectivity index (χ1v) is 8.82. The number of sulfonamides is 1. The van der Waals surface area contributed by atoms with E-state index in [-0.39, 0.29) is 6.04 Å². The number of unbranched alkanes of at least 4 members (excludes halogenated alkanes) is 1. The Morgan fingerprint density at radius 3 is 2.25 bits per heavy atom. The van der Waals surface area contributed by atoms with Gasteiger partial charge in [-0.3, -0.25) is 0 Å². The molecule has 20 heavy (non-hydrogen) atoms. The molecule has 0 amide bonds. The molecular formula is C15H26N2O2S. The van der Waals surface area contributed by atoms with Crippen LogP contribution in [0, 0.1) is 0 Å². The van der Waals surface area contributed by atoms with Gasteiger partial charge in [0.2, 0.25) is 10.0 Å². The molecule has 5 heteroatoms. The van der Waals surface area contributed by atoms with E-state index in [1.807, 2.05) is 19.1 Å². The van der Waals surface area contributed by atoms with Crippen molar-refractivity contribution in [2.75, 3.05) is 13.1 Å². The van der Waals surface area contributed by atoms with Gasteiger partial charge in [0.25, 0.3) is 0 Å². The van der Waals surface area contributed by atoms with Crippen molar-refractivity contribution in [2.45, 2.75) is 51.0 Å². The Bertz CT molecular complexity index is 483. The minimum Gasteiger partial charge on any atom is -0.310 e. The zero-order valence-corrected chi connectivity index (χ0v) is 13.5. The molecule has 0 radical (unpaired) electrons. The largest absolute Gasteiger partial charge is 0.310 e. The monoisotopic (exact) mass is 298 g/mol. The molecule has 1 aromatic carbocycles. The van der Waals surface area contributed by atoms with Crippen LogP contribution in [0.1, 0.15) is 51.6 Å². The van der Waals surface area contributed by atoms with Gasteiger partial charge in [-0.05, 0) is 44.0 Å². The fourth-order valence-electron chi connectivity index (χ4n) is 1.88. The summed E-state index contributed by atoms with van der Waals surface area (Å²) in [4.78, 5) is 0.333. The van der Waals surface area contributed by atoms with Crippen LogP contribution < -0.4 is 10.0 Å². The first-order valence-electron chi connectivity index (χ1n) is 7.34. The summed E-state index contributed by atoms with van der Waals surface area (Å²) >= 11 is 0. The van der Waals surface area contributed by atoms with Crippen LogP contribution in [0.2, 0.25) is 0 Å². The van der Waals surface area contributed by atoms with Crippen molar-refractivity contribution in [3.8, 4) is 0 Å². The number of hydrogen-bond acceptors (Lipinski definition) is 3. The molecule has 1 aromatic rings. The van der Waals surface area contributed by atoms with E-state index in [4.69, 9.17) is 0 Å². The maximum Gasteiger partial charge on any atom is 0.240 e. The van der Waals surface area contributed by atoms with Crippen molar-refractivity contribution >= 4 is 10.0 Å². The Kier molecular flexibility index (Phi) is 7.19. The van der Waals surface area contributed by atoms with Gasteiger partial charge in [-0.25, -0.2) is 13.1 Å². The zero-order valence-electron chi connectivity index (χ0n) is 12.6. The van der Waals surface area contributed by atoms with E-state index in [1.54, 1.807) is 12.1 Å². The SMILES string of the molecule is CCCCNS(=O)(=O)c1ccc(C(C)NCCC)cc1. The normalized spacial score (nSPS) is 13.3. The molecule has 1 unspecified atom stereocenters. The average molecular weight is 298 g/mol. The highest BCUT2D eigenvalue weighted by Crippen LogP contribution is 2.16. The van der Waals surface area contributed by atoms with Crippen LogP contribution in [-0.2, 0) is 10.0 Å². The highest BCUT2D eigenvalue weighted by molar-refractivity contribution is 7.89. The molecule has 0 fully saturated rings. The summed E-state index contributed by atoms with van der Waals surface area (Å²) in [5, 5.41) is 3.38. The van der Waals surface area contributed by atoms with Gasteiger partial charge in [0.05, 0.1) is 4.90 Å². The number of nitrogens with one attached hydrogen (secondary N) is 2. The standard InChI is InChI=1S/C15H26N2O2S/c1-4-6-12-17-20(18,19)15-9-7-14(8-10-15)13(3)16-11-5-2/h7-10,13,16-17H,4-6,11-12H2,1-3H3. The second-order valence-corrected chi connectivity index (χ2v) is 6.76. The molecule has 0 heterocycles. The summed E-state index contributed by atoms with van der Waals surface area (Å²) in [7, 11) is -3.36. The smallest absolute Gasteiger partial charge is 0.240 e. The van der Waals surface area contributed by atoms with Crippen molar-refractivity contribution in [3.63, 3.8) is 0 Å². The van der Waals surface area contributed by atoms with E-state index in [2.05, 4.69) is 23.9 Å². The molecule has 0 saturated heterocycles. The van der Waals surface area contributed by atoms with Crippen LogP contribution in [-0.4, -0.2) is 21.5 Å². The van der Waals surface area contributed by atoms with Gasteiger partial charge in [-0.1, -0.05) is 32.4 Å². The van der Waals surface area contributed by atoms with E-state index in [1.165, 1.54) is 0 Å². The molecule has 0 spiro atoms. The third-order valence-corrected chi connectivity index (χ3v) is 4.69. The first-order chi connectivity index (χ1) is 9.51. The molecule has 2 N–H and O–H groups in total. The molecular weight excluding hydrogens is 272 g/mol. The molecule has 114 valence electrons. The molecule has 0 saturated carbocycles. The van der Waals surface area contributed by atoms with Crippen molar-refractivity contribution < 1.29 is 8.42 Å². The van der Waals surface area contributed by atoms with Crippen molar-refractivity contribution in [1.29, 1.82) is 0 Å². The number of benzene rings is 1. The maximum atomic E-state index is 12.0. The Hall–Kier alpha value is -0.910. The molecule has 4 nitrogen and oxygen atoms in total. The van der Waals surface area contributed by atoms with Crippen LogP contribution in [0.4, 0.5) is 0 Å². The van der Waals surface area contributed by atoms with Gasteiger partial charge in [-0.15, -0.1) is 0 Å². The van der Waals surface area contributed by atoms with Gasteiger partial charge in [0, 0.05) is 12.6 Å². The molecule has 0 bridgehead atoms. The van der Waals surface area contributed by atoms with Gasteiger partial charge in [0.1, 0.15) is 0 Å². The third kappa shape index (κ3) is 5.23. The Balaban J connectivity index is 2.70. The van der Waals surface area contributed by atoms with Crippen LogP contribution >= 0.6 is 0 Å². The molecule has 0 aliphatic rings. The highest BCUT2D eigenvalue weighted by atomic mass is 32.2. The summed E-state index contributed by atoms with van der Waals surface area (Å²) in [5.41, 5.74) is 1.10. The highest BCUT2D eigenvalue weighted by Gasteiger charge is 2.13. The lowest BCUT2D eigenvalue weighted by atomic mass is 10.1. The Morgan fingerprint density at radius 1 is 1.05 bits per heavy atom. The zero-order chi connectivity index (χ0) is 15.0. The lowest BCUT2D eigenvalue weighted by molar-refractivity contribution is 0.568. The Morgan fingerprint density at radius 2 is 1.70 bits per heavy atom. The Labute approximate surface area is 123 Å². The van der Waals surface area contributed by atoms with Crippen LogP contribution in [0.15, 0.2) is 29.2 Å². The van der Waals surface area contributed by atoms with Crippen molar-refractivity contribution in [3.05, 3.63) is 29.8 Å². The summed E-state index contributed by atoms with van der Waals surface area (Å²) in [6.45, 7) is 7.69. The number of rotatable bonds is 9. The third-order valence-electron chi connectivity index (χ3n) is 3.21. The van der Waals surface area contributed by atoms with E-state index >= 15 is 0 Å². The van der Waals surface area contributed by atoms with E-state index in [0.29, 0.717) is 11.4 Å². The molecule has 0 aliphatic carbocycles. The van der Waals surface area contributed by atoms with E-state index in [9.17, 15) is 8.42 Å². The first kappa shape index (κ1) is 17.1. The summed E-state index contributed by atoms with van der Waals surface area (Å²) < 4.78 is 26.7. The lowest BCUT2D eigenvalue weighted by Crippen LogP contribution is -2.25. The fraction of sp³-hybridized carbons (Fsp3) is 0.600. The number of hydrogen-bond donors (Lipinski definition) is 2. The van der Waals surface area contributed by atoms with Gasteiger partial charge in [0.15, 0.2) is 0 Å². The van der Waals surface area contributed by atoms with Gasteiger partial charge >= 0.3 is 0 Å². The van der Waals surface area contributed by atoms with Crippen molar-refractivity contribution in [2.24, 2.45) is 0 Å². The van der Waals surface area contributed by atoms with Crippen LogP contribution in [0.25, 0.3) is 0 Å². The van der Waals surface area contributed by atoms with Crippen molar-refractivity contribution in [1.82, 2.24) is 10.0 Å². The van der Waals surface area contributed by atoms with Gasteiger partial charge in [-0.2, -0.15) is 0 Å². The minimum absolute atomic E-state index is 0.236. The summed E-state index contributed by atoms with van der Waals surface area (Å²) in [5.74, 6) is 0. The maximum absolute atomic E-state index is 12.0. The molecule has 0 aliphatic heterocycles.